The van der Waals surface area contributed by atoms with Gasteiger partial charge in [-0.25, -0.2) is 0 Å². The highest BCUT2D eigenvalue weighted by Crippen LogP contribution is 2.43. The van der Waals surface area contributed by atoms with E-state index in [-0.39, 0.29) is 0 Å². The van der Waals surface area contributed by atoms with Crippen LogP contribution in [-0.4, -0.2) is 0 Å². The van der Waals surface area contributed by atoms with Crippen LogP contribution in [0.1, 0.15) is 32.6 Å². The van der Waals surface area contributed by atoms with Crippen LogP contribution in [-0.2, 0) is 0 Å². The summed E-state index contributed by atoms with van der Waals surface area (Å²) in [6.45, 7) is 2.23. The lowest BCUT2D eigenvalue weighted by Crippen LogP contribution is -1.96. The quantitative estimate of drug-likeness (QED) is 0.520. The molecule has 0 heteroatoms. The Morgan fingerprint density at radius 1 is 1.08 bits per heavy atom. The monoisotopic (exact) mass is 170 g/mol. The van der Waals surface area contributed by atoms with Crippen LogP contribution in [0, 0.1) is 0 Å². The molecule has 0 bridgehead atoms. The minimum Gasteiger partial charge on any atom is -0.0766 e. The van der Waals surface area contributed by atoms with Crippen LogP contribution in [0.15, 0.2) is 46.1 Å². The zero-order valence-electron chi connectivity index (χ0n) is 8.06. The number of allylic oxidation sites excluding steroid dienone is 8. The standard InChI is InChI=1S/C13H14/c1-9-5-7-13-11(9)8-6-10-3-2-4-12(10)13/h5-7H,2-4,8H2,1H3. The highest BCUT2D eigenvalue weighted by molar-refractivity contribution is 5.62. The molecule has 13 heavy (non-hydrogen) atoms. The highest BCUT2D eigenvalue weighted by Gasteiger charge is 2.24. The van der Waals surface area contributed by atoms with E-state index in [0.717, 1.165) is 0 Å². The lowest BCUT2D eigenvalue weighted by atomic mass is 9.89. The fraction of sp³-hybridized carbons (Fsp3) is 0.385. The Morgan fingerprint density at radius 2 is 2.00 bits per heavy atom. The van der Waals surface area contributed by atoms with Gasteiger partial charge in [0.05, 0.1) is 0 Å². The van der Waals surface area contributed by atoms with Crippen LogP contribution < -0.4 is 0 Å². The molecule has 0 spiro atoms. The van der Waals surface area contributed by atoms with E-state index in [9.17, 15) is 0 Å². The summed E-state index contributed by atoms with van der Waals surface area (Å²) in [5.41, 5.74) is 7.91. The van der Waals surface area contributed by atoms with Crippen LogP contribution in [0.25, 0.3) is 0 Å². The van der Waals surface area contributed by atoms with Crippen LogP contribution in [0.4, 0.5) is 0 Å². The molecule has 1 saturated carbocycles. The first-order valence-corrected chi connectivity index (χ1v) is 5.17. The molecule has 0 aromatic rings. The zero-order chi connectivity index (χ0) is 8.84. The molecule has 3 aliphatic carbocycles. The van der Waals surface area contributed by atoms with Crippen molar-refractivity contribution in [2.24, 2.45) is 0 Å². The maximum absolute atomic E-state index is 2.44. The van der Waals surface area contributed by atoms with Gasteiger partial charge in [-0.15, -0.1) is 0 Å². The van der Waals surface area contributed by atoms with Gasteiger partial charge >= 0.3 is 0 Å². The summed E-state index contributed by atoms with van der Waals surface area (Å²) in [5, 5.41) is 0. The van der Waals surface area contributed by atoms with Gasteiger partial charge < -0.3 is 0 Å². The molecule has 0 amide bonds. The molecule has 0 radical (unpaired) electrons. The molecule has 0 unspecified atom stereocenters. The van der Waals surface area contributed by atoms with Gasteiger partial charge in [0, 0.05) is 0 Å². The first kappa shape index (κ1) is 7.37. The molecule has 0 atom stereocenters. The van der Waals surface area contributed by atoms with Gasteiger partial charge in [0.1, 0.15) is 0 Å². The van der Waals surface area contributed by atoms with E-state index in [4.69, 9.17) is 0 Å². The second-order valence-corrected chi connectivity index (χ2v) is 4.17. The molecule has 0 nitrogen and oxygen atoms in total. The minimum absolute atomic E-state index is 1.17. The average molecular weight is 170 g/mol. The predicted octanol–water partition coefficient (Wildman–Crippen LogP) is 3.68. The van der Waals surface area contributed by atoms with E-state index in [1.54, 1.807) is 22.3 Å². The van der Waals surface area contributed by atoms with Crippen molar-refractivity contribution in [3.05, 3.63) is 46.1 Å². The van der Waals surface area contributed by atoms with Crippen molar-refractivity contribution in [3.8, 4) is 0 Å². The summed E-state index contributed by atoms with van der Waals surface area (Å²) in [6.07, 6.45) is 12.2. The fourth-order valence-corrected chi connectivity index (χ4v) is 2.70. The van der Waals surface area contributed by atoms with Crippen molar-refractivity contribution < 1.29 is 0 Å². The van der Waals surface area contributed by atoms with E-state index in [1.807, 2.05) is 0 Å². The number of hydrogen-bond donors (Lipinski definition) is 0. The largest absolute Gasteiger partial charge is 0.0766 e. The Kier molecular flexibility index (Phi) is 1.40. The first-order valence-electron chi connectivity index (χ1n) is 5.17. The average Bonchev–Trinajstić information content (AvgIpc) is 2.70. The van der Waals surface area contributed by atoms with Gasteiger partial charge in [-0.05, 0) is 60.5 Å². The van der Waals surface area contributed by atoms with Crippen molar-refractivity contribution in [1.82, 2.24) is 0 Å². The number of hydrogen-bond acceptors (Lipinski definition) is 0. The van der Waals surface area contributed by atoms with Crippen molar-refractivity contribution in [2.75, 3.05) is 0 Å². The van der Waals surface area contributed by atoms with Gasteiger partial charge in [-0.1, -0.05) is 18.2 Å². The summed E-state index contributed by atoms with van der Waals surface area (Å²) in [6, 6.07) is 0. The SMILES string of the molecule is CC1=C2CC=C3CCCC3=C2C=C1. The Labute approximate surface area is 79.3 Å². The summed E-state index contributed by atoms with van der Waals surface area (Å²) >= 11 is 0. The smallest absolute Gasteiger partial charge is 0.00828 e. The van der Waals surface area contributed by atoms with Crippen LogP contribution in [0.2, 0.25) is 0 Å². The zero-order valence-corrected chi connectivity index (χ0v) is 8.06. The topological polar surface area (TPSA) is 0 Å². The third-order valence-electron chi connectivity index (χ3n) is 3.44. The van der Waals surface area contributed by atoms with E-state index in [2.05, 4.69) is 25.2 Å². The second kappa shape index (κ2) is 2.47. The van der Waals surface area contributed by atoms with Gasteiger partial charge in [0.25, 0.3) is 0 Å². The van der Waals surface area contributed by atoms with Crippen LogP contribution in [0.5, 0.6) is 0 Å². The molecule has 1 fully saturated rings. The second-order valence-electron chi connectivity index (χ2n) is 4.17. The predicted molar refractivity (Wildman–Crippen MR) is 55.4 cm³/mol. The lowest BCUT2D eigenvalue weighted by Gasteiger charge is -2.15. The van der Waals surface area contributed by atoms with Gasteiger partial charge in [0.2, 0.25) is 0 Å². The van der Waals surface area contributed by atoms with Gasteiger partial charge in [-0.2, -0.15) is 0 Å². The normalized spacial score (nSPS) is 25.2. The van der Waals surface area contributed by atoms with E-state index in [1.165, 1.54) is 31.3 Å². The maximum atomic E-state index is 2.44. The molecule has 0 heterocycles. The molecule has 0 aromatic carbocycles. The summed E-state index contributed by atoms with van der Waals surface area (Å²) in [5.74, 6) is 0. The third kappa shape index (κ3) is 0.918. The molecule has 0 saturated heterocycles. The van der Waals surface area contributed by atoms with Crippen molar-refractivity contribution in [1.29, 1.82) is 0 Å². The number of fused-ring (bicyclic) bond motifs is 2. The Balaban J connectivity index is 2.20. The molecular weight excluding hydrogens is 156 g/mol. The van der Waals surface area contributed by atoms with E-state index < -0.39 is 0 Å². The molecule has 0 aliphatic heterocycles. The molecule has 3 rings (SSSR count). The van der Waals surface area contributed by atoms with E-state index in [0.29, 0.717) is 0 Å². The summed E-state index contributed by atoms with van der Waals surface area (Å²) in [7, 11) is 0. The first-order chi connectivity index (χ1) is 6.36. The van der Waals surface area contributed by atoms with Crippen molar-refractivity contribution >= 4 is 0 Å². The third-order valence-corrected chi connectivity index (χ3v) is 3.44. The Hall–Kier alpha value is -1.04. The van der Waals surface area contributed by atoms with Crippen LogP contribution >= 0.6 is 0 Å². The van der Waals surface area contributed by atoms with E-state index >= 15 is 0 Å². The summed E-state index contributed by atoms with van der Waals surface area (Å²) in [4.78, 5) is 0. The Bertz CT molecular complexity index is 386. The molecule has 0 N–H and O–H groups in total. The van der Waals surface area contributed by atoms with Crippen LogP contribution in [0.3, 0.4) is 0 Å². The Morgan fingerprint density at radius 3 is 2.92 bits per heavy atom. The molecule has 66 valence electrons. The summed E-state index contributed by atoms with van der Waals surface area (Å²) < 4.78 is 0. The minimum atomic E-state index is 1.17. The maximum Gasteiger partial charge on any atom is -0.00828 e. The van der Waals surface area contributed by atoms with Crippen molar-refractivity contribution in [3.63, 3.8) is 0 Å². The lowest BCUT2D eigenvalue weighted by molar-refractivity contribution is 0.932. The van der Waals surface area contributed by atoms with Crippen molar-refractivity contribution in [2.45, 2.75) is 32.6 Å². The highest BCUT2D eigenvalue weighted by atomic mass is 14.3. The molecular formula is C13H14. The fourth-order valence-electron chi connectivity index (χ4n) is 2.70. The van der Waals surface area contributed by atoms with Gasteiger partial charge in [0.15, 0.2) is 0 Å². The molecule has 3 aliphatic rings. The number of rotatable bonds is 0. The molecule has 0 aromatic heterocycles. The van der Waals surface area contributed by atoms with Gasteiger partial charge in [-0.3, -0.25) is 0 Å².